The Balaban J connectivity index is 1.84. The van der Waals surface area contributed by atoms with E-state index in [1.807, 2.05) is 25.1 Å². The second-order valence-electron chi connectivity index (χ2n) is 7.18. The summed E-state index contributed by atoms with van der Waals surface area (Å²) in [6, 6.07) is 19.3. The number of amides is 2. The quantitative estimate of drug-likeness (QED) is 0.534. The van der Waals surface area contributed by atoms with E-state index in [0.29, 0.717) is 33.5 Å². The number of nitrogens with one attached hydrogen (secondary N) is 1. The Bertz CT molecular complexity index is 1240. The summed E-state index contributed by atoms with van der Waals surface area (Å²) in [6.45, 7) is 1.88. The van der Waals surface area contributed by atoms with Crippen molar-refractivity contribution in [3.63, 3.8) is 0 Å². The number of imide groups is 1. The maximum absolute atomic E-state index is 13.6. The number of halogens is 1. The molecule has 2 amide bonds. The van der Waals surface area contributed by atoms with Gasteiger partial charge in [-0.05, 0) is 48.4 Å². The minimum Gasteiger partial charge on any atom is -0.497 e. The van der Waals surface area contributed by atoms with E-state index < -0.39 is 11.8 Å². The maximum atomic E-state index is 13.6. The zero-order valence-corrected chi connectivity index (χ0v) is 18.6. The van der Waals surface area contributed by atoms with Crippen LogP contribution in [0.5, 0.6) is 11.5 Å². The highest BCUT2D eigenvalue weighted by molar-refractivity contribution is 6.46. The van der Waals surface area contributed by atoms with Gasteiger partial charge in [-0.1, -0.05) is 41.9 Å². The van der Waals surface area contributed by atoms with Gasteiger partial charge in [-0.25, -0.2) is 4.90 Å². The number of rotatable bonds is 6. The van der Waals surface area contributed by atoms with Gasteiger partial charge in [-0.3, -0.25) is 9.59 Å². The Kier molecular flexibility index (Phi) is 5.88. The van der Waals surface area contributed by atoms with Crippen LogP contribution in [0.25, 0.3) is 5.57 Å². The van der Waals surface area contributed by atoms with Crippen LogP contribution in [0.1, 0.15) is 11.1 Å². The van der Waals surface area contributed by atoms with Crippen LogP contribution in [0.3, 0.4) is 0 Å². The predicted molar refractivity (Wildman–Crippen MR) is 125 cm³/mol. The average Bonchev–Trinajstić information content (AvgIpc) is 3.04. The molecule has 3 aromatic rings. The number of benzene rings is 3. The smallest absolute Gasteiger partial charge is 0.282 e. The van der Waals surface area contributed by atoms with Crippen molar-refractivity contribution < 1.29 is 19.1 Å². The summed E-state index contributed by atoms with van der Waals surface area (Å²) in [7, 11) is 3.01. The van der Waals surface area contributed by atoms with Crippen molar-refractivity contribution in [3.8, 4) is 11.5 Å². The normalized spacial score (nSPS) is 13.6. The molecule has 0 aromatic heterocycles. The van der Waals surface area contributed by atoms with Crippen molar-refractivity contribution in [3.05, 3.63) is 88.6 Å². The third kappa shape index (κ3) is 3.81. The van der Waals surface area contributed by atoms with Crippen LogP contribution in [0.2, 0.25) is 5.02 Å². The summed E-state index contributed by atoms with van der Waals surface area (Å²) in [5.74, 6) is -0.0242. The molecular weight excluding hydrogens is 428 g/mol. The van der Waals surface area contributed by atoms with Crippen LogP contribution >= 0.6 is 11.6 Å². The van der Waals surface area contributed by atoms with Gasteiger partial charge < -0.3 is 14.8 Å². The summed E-state index contributed by atoms with van der Waals surface area (Å²) < 4.78 is 10.7. The number of anilines is 2. The number of ether oxygens (including phenoxy) is 2. The number of carbonyl (C=O) groups excluding carboxylic acids is 2. The lowest BCUT2D eigenvalue weighted by atomic mass is 10.0. The molecule has 0 atom stereocenters. The molecule has 4 rings (SSSR count). The maximum Gasteiger partial charge on any atom is 0.282 e. The molecule has 32 heavy (non-hydrogen) atoms. The average molecular weight is 449 g/mol. The molecule has 3 aromatic carbocycles. The number of carbonyl (C=O) groups is 2. The SMILES string of the molecule is COc1ccc(N2C(=O)C(Nc3ccc(Cl)cc3C)=C(c3ccccc3)C2=O)c(OC)c1. The zero-order chi connectivity index (χ0) is 22.8. The Morgan fingerprint density at radius 2 is 1.62 bits per heavy atom. The van der Waals surface area contributed by atoms with E-state index in [1.165, 1.54) is 14.2 Å². The summed E-state index contributed by atoms with van der Waals surface area (Å²) >= 11 is 6.08. The molecule has 0 radical (unpaired) electrons. The van der Waals surface area contributed by atoms with Crippen LogP contribution in [-0.2, 0) is 9.59 Å². The molecule has 6 nitrogen and oxygen atoms in total. The zero-order valence-electron chi connectivity index (χ0n) is 17.8. The minimum atomic E-state index is -0.480. The second-order valence-corrected chi connectivity index (χ2v) is 7.62. The Morgan fingerprint density at radius 1 is 0.875 bits per heavy atom. The van der Waals surface area contributed by atoms with Crippen molar-refractivity contribution in [2.24, 2.45) is 0 Å². The molecule has 0 bridgehead atoms. The van der Waals surface area contributed by atoms with Crippen LogP contribution in [0, 0.1) is 6.92 Å². The Hall–Kier alpha value is -3.77. The summed E-state index contributed by atoms with van der Waals surface area (Å²) in [5, 5.41) is 3.76. The monoisotopic (exact) mass is 448 g/mol. The van der Waals surface area contributed by atoms with E-state index >= 15 is 0 Å². The van der Waals surface area contributed by atoms with Gasteiger partial charge in [0.2, 0.25) is 0 Å². The first-order valence-corrected chi connectivity index (χ1v) is 10.3. The van der Waals surface area contributed by atoms with Gasteiger partial charge >= 0.3 is 0 Å². The molecular formula is C25H21ClN2O4. The van der Waals surface area contributed by atoms with Crippen molar-refractivity contribution in [2.75, 3.05) is 24.4 Å². The van der Waals surface area contributed by atoms with Crippen LogP contribution in [-0.4, -0.2) is 26.0 Å². The molecule has 0 saturated heterocycles. The van der Waals surface area contributed by atoms with E-state index in [1.54, 1.807) is 48.5 Å². The fourth-order valence-corrected chi connectivity index (χ4v) is 3.84. The molecule has 1 aliphatic rings. The highest BCUT2D eigenvalue weighted by Gasteiger charge is 2.41. The molecule has 0 spiro atoms. The summed E-state index contributed by atoms with van der Waals surface area (Å²) in [6.07, 6.45) is 0. The van der Waals surface area contributed by atoms with E-state index in [0.717, 1.165) is 10.5 Å². The predicted octanol–water partition coefficient (Wildman–Crippen LogP) is 5.06. The highest BCUT2D eigenvalue weighted by Crippen LogP contribution is 2.39. The van der Waals surface area contributed by atoms with E-state index in [4.69, 9.17) is 21.1 Å². The van der Waals surface area contributed by atoms with Crippen LogP contribution in [0.4, 0.5) is 11.4 Å². The molecule has 7 heteroatoms. The Morgan fingerprint density at radius 3 is 2.28 bits per heavy atom. The molecule has 0 fully saturated rings. The molecule has 0 saturated carbocycles. The molecule has 1 heterocycles. The number of aryl methyl sites for hydroxylation is 1. The van der Waals surface area contributed by atoms with Gasteiger partial charge in [0.05, 0.1) is 25.5 Å². The number of hydrogen-bond acceptors (Lipinski definition) is 5. The van der Waals surface area contributed by atoms with Crippen molar-refractivity contribution >= 4 is 40.4 Å². The molecule has 1 aliphatic heterocycles. The van der Waals surface area contributed by atoms with Gasteiger partial charge in [-0.15, -0.1) is 0 Å². The van der Waals surface area contributed by atoms with Crippen molar-refractivity contribution in [1.29, 1.82) is 0 Å². The lowest BCUT2D eigenvalue weighted by Crippen LogP contribution is -2.32. The largest absolute Gasteiger partial charge is 0.497 e. The van der Waals surface area contributed by atoms with Crippen LogP contribution in [0.15, 0.2) is 72.4 Å². The summed E-state index contributed by atoms with van der Waals surface area (Å²) in [5.41, 5.74) is 2.96. The van der Waals surface area contributed by atoms with Crippen LogP contribution < -0.4 is 19.7 Å². The van der Waals surface area contributed by atoms with Gasteiger partial charge in [0.15, 0.2) is 0 Å². The Labute approximate surface area is 191 Å². The topological polar surface area (TPSA) is 67.9 Å². The fraction of sp³-hybridized carbons (Fsp3) is 0.120. The van der Waals surface area contributed by atoms with E-state index in [2.05, 4.69) is 5.32 Å². The van der Waals surface area contributed by atoms with E-state index in [-0.39, 0.29) is 11.3 Å². The lowest BCUT2D eigenvalue weighted by Gasteiger charge is -2.19. The summed E-state index contributed by atoms with van der Waals surface area (Å²) in [4.78, 5) is 28.3. The minimum absolute atomic E-state index is 0.185. The van der Waals surface area contributed by atoms with Gasteiger partial charge in [0.25, 0.3) is 11.8 Å². The lowest BCUT2D eigenvalue weighted by molar-refractivity contribution is -0.120. The highest BCUT2D eigenvalue weighted by atomic mass is 35.5. The first kappa shape index (κ1) is 21.5. The third-order valence-corrected chi connectivity index (χ3v) is 5.46. The molecule has 0 unspecified atom stereocenters. The third-order valence-electron chi connectivity index (χ3n) is 5.22. The standard InChI is InChI=1S/C25H21ClN2O4/c1-15-13-17(26)9-11-19(15)27-23-22(16-7-5-4-6-8-16)24(29)28(25(23)30)20-12-10-18(31-2)14-21(20)32-3/h4-14,27H,1-3H3. The van der Waals surface area contributed by atoms with Crippen molar-refractivity contribution in [1.82, 2.24) is 0 Å². The fourth-order valence-electron chi connectivity index (χ4n) is 3.61. The molecule has 1 N–H and O–H groups in total. The van der Waals surface area contributed by atoms with Gasteiger partial charge in [0.1, 0.15) is 17.2 Å². The first-order valence-electron chi connectivity index (χ1n) is 9.88. The van der Waals surface area contributed by atoms with Gasteiger partial charge in [-0.2, -0.15) is 0 Å². The number of hydrogen-bond donors (Lipinski definition) is 1. The number of methoxy groups -OCH3 is 2. The molecule has 162 valence electrons. The van der Waals surface area contributed by atoms with Crippen molar-refractivity contribution in [2.45, 2.75) is 6.92 Å². The first-order chi connectivity index (χ1) is 15.4. The van der Waals surface area contributed by atoms with E-state index in [9.17, 15) is 9.59 Å². The second kappa shape index (κ2) is 8.77. The molecule has 0 aliphatic carbocycles. The van der Waals surface area contributed by atoms with Gasteiger partial charge in [0, 0.05) is 16.8 Å². The number of nitrogens with zero attached hydrogens (tertiary/aromatic N) is 1.